The molecule has 0 aromatic heterocycles. The number of hydrogen-bond donors (Lipinski definition) is 1. The van der Waals surface area contributed by atoms with Gasteiger partial charge in [-0.2, -0.15) is 0 Å². The van der Waals surface area contributed by atoms with Gasteiger partial charge in [-0.25, -0.2) is 0 Å². The van der Waals surface area contributed by atoms with Gasteiger partial charge in [-0.1, -0.05) is 23.7 Å². The highest BCUT2D eigenvalue weighted by Crippen LogP contribution is 2.24. The van der Waals surface area contributed by atoms with Crippen LogP contribution in [0.25, 0.3) is 0 Å². The van der Waals surface area contributed by atoms with Gasteiger partial charge in [0.15, 0.2) is 0 Å². The lowest BCUT2D eigenvalue weighted by Crippen LogP contribution is -2.33. The third kappa shape index (κ3) is 2.90. The minimum atomic E-state index is -0.0279. The van der Waals surface area contributed by atoms with Gasteiger partial charge in [-0.15, -0.1) is 0 Å². The maximum atomic E-state index is 5.91. The van der Waals surface area contributed by atoms with Crippen molar-refractivity contribution in [2.45, 2.75) is 26.0 Å². The maximum absolute atomic E-state index is 5.91. The first-order chi connectivity index (χ1) is 6.11. The van der Waals surface area contributed by atoms with E-state index in [0.29, 0.717) is 10.8 Å². The van der Waals surface area contributed by atoms with E-state index in [9.17, 15) is 0 Å². The third-order valence-electron chi connectivity index (χ3n) is 1.89. The van der Waals surface area contributed by atoms with E-state index in [-0.39, 0.29) is 12.1 Å². The van der Waals surface area contributed by atoms with Crippen molar-refractivity contribution < 1.29 is 4.74 Å². The summed E-state index contributed by atoms with van der Waals surface area (Å²) >= 11 is 5.91. The molecule has 0 fully saturated rings. The van der Waals surface area contributed by atoms with Crippen molar-refractivity contribution in [3.05, 3.63) is 29.3 Å². The number of nitrogens with two attached hydrogens (primary N) is 1. The summed E-state index contributed by atoms with van der Waals surface area (Å²) in [6.45, 7) is 3.83. The normalized spacial score (nSPS) is 15.1. The smallest absolute Gasteiger partial charge is 0.138 e. The standard InChI is InChI=1S/C10H14ClNO/c1-7(12)8(2)13-10-6-4-3-5-9(10)11/h3-8H,12H2,1-2H3/t7-,8?/m0/s1. The summed E-state index contributed by atoms with van der Waals surface area (Å²) < 4.78 is 5.55. The van der Waals surface area contributed by atoms with Gasteiger partial charge >= 0.3 is 0 Å². The van der Waals surface area contributed by atoms with E-state index in [2.05, 4.69) is 0 Å². The van der Waals surface area contributed by atoms with Gasteiger partial charge in [-0.3, -0.25) is 0 Å². The van der Waals surface area contributed by atoms with Crippen LogP contribution in [0.4, 0.5) is 0 Å². The van der Waals surface area contributed by atoms with Gasteiger partial charge in [0.2, 0.25) is 0 Å². The van der Waals surface area contributed by atoms with E-state index >= 15 is 0 Å². The van der Waals surface area contributed by atoms with Crippen LogP contribution in [-0.4, -0.2) is 12.1 Å². The molecule has 72 valence electrons. The second-order valence-corrected chi connectivity index (χ2v) is 3.52. The number of ether oxygens (including phenoxy) is 1. The highest BCUT2D eigenvalue weighted by atomic mass is 35.5. The summed E-state index contributed by atoms with van der Waals surface area (Å²) in [6, 6.07) is 7.38. The Kier molecular flexibility index (Phi) is 3.58. The van der Waals surface area contributed by atoms with Crippen LogP contribution in [0.5, 0.6) is 5.75 Å². The van der Waals surface area contributed by atoms with Gasteiger partial charge < -0.3 is 10.5 Å². The fourth-order valence-corrected chi connectivity index (χ4v) is 1.03. The van der Waals surface area contributed by atoms with E-state index in [4.69, 9.17) is 22.1 Å². The van der Waals surface area contributed by atoms with Crippen LogP contribution in [0.3, 0.4) is 0 Å². The van der Waals surface area contributed by atoms with Crippen molar-refractivity contribution in [2.24, 2.45) is 5.73 Å². The first-order valence-corrected chi connectivity index (χ1v) is 4.66. The molecule has 0 heterocycles. The number of rotatable bonds is 3. The molecule has 0 spiro atoms. The van der Waals surface area contributed by atoms with Crippen LogP contribution < -0.4 is 10.5 Å². The Balaban J connectivity index is 2.69. The van der Waals surface area contributed by atoms with Crippen LogP contribution in [0.1, 0.15) is 13.8 Å². The molecule has 0 aliphatic heterocycles. The van der Waals surface area contributed by atoms with Crippen LogP contribution in [0.15, 0.2) is 24.3 Å². The second kappa shape index (κ2) is 4.49. The zero-order valence-electron chi connectivity index (χ0n) is 7.83. The molecule has 0 bridgehead atoms. The zero-order chi connectivity index (χ0) is 9.84. The fraction of sp³-hybridized carbons (Fsp3) is 0.400. The van der Waals surface area contributed by atoms with Gasteiger partial charge in [0.1, 0.15) is 11.9 Å². The monoisotopic (exact) mass is 199 g/mol. The molecule has 0 radical (unpaired) electrons. The van der Waals surface area contributed by atoms with E-state index in [1.165, 1.54) is 0 Å². The molecule has 3 heteroatoms. The molecule has 1 aromatic carbocycles. The lowest BCUT2D eigenvalue weighted by molar-refractivity contribution is 0.197. The van der Waals surface area contributed by atoms with Crippen LogP contribution in [-0.2, 0) is 0 Å². The van der Waals surface area contributed by atoms with Crippen LogP contribution >= 0.6 is 11.6 Å². The molecule has 0 amide bonds. The minimum absolute atomic E-state index is 0.00345. The van der Waals surface area contributed by atoms with E-state index < -0.39 is 0 Å². The molecule has 13 heavy (non-hydrogen) atoms. The Morgan fingerprint density at radius 2 is 1.92 bits per heavy atom. The van der Waals surface area contributed by atoms with E-state index in [1.54, 1.807) is 6.07 Å². The third-order valence-corrected chi connectivity index (χ3v) is 2.20. The quantitative estimate of drug-likeness (QED) is 0.812. The fourth-order valence-electron chi connectivity index (χ4n) is 0.848. The Hall–Kier alpha value is -0.730. The summed E-state index contributed by atoms with van der Waals surface area (Å²) in [7, 11) is 0. The van der Waals surface area contributed by atoms with Crippen molar-refractivity contribution in [1.29, 1.82) is 0 Å². The first kappa shape index (κ1) is 10.4. The molecular formula is C10H14ClNO. The molecule has 2 atom stereocenters. The Bertz CT molecular complexity index is 275. The molecule has 0 aliphatic rings. The summed E-state index contributed by atoms with van der Waals surface area (Å²) in [6.07, 6.45) is -0.0279. The van der Waals surface area contributed by atoms with Gasteiger partial charge in [0, 0.05) is 6.04 Å². The number of halogens is 1. The maximum Gasteiger partial charge on any atom is 0.138 e. The highest BCUT2D eigenvalue weighted by molar-refractivity contribution is 6.32. The molecule has 0 aliphatic carbocycles. The summed E-state index contributed by atoms with van der Waals surface area (Å²) in [5.41, 5.74) is 5.67. The van der Waals surface area contributed by atoms with Gasteiger partial charge in [0.25, 0.3) is 0 Å². The SMILES string of the molecule is CC(Oc1ccccc1Cl)[C@H](C)N. The topological polar surface area (TPSA) is 35.2 Å². The average Bonchev–Trinajstić information content (AvgIpc) is 2.08. The predicted molar refractivity (Wildman–Crippen MR) is 55.2 cm³/mol. The number of benzene rings is 1. The molecule has 1 aromatic rings. The Morgan fingerprint density at radius 1 is 1.31 bits per heavy atom. The molecule has 0 saturated heterocycles. The Morgan fingerprint density at radius 3 is 2.46 bits per heavy atom. The van der Waals surface area contributed by atoms with Crippen molar-refractivity contribution in [3.63, 3.8) is 0 Å². The summed E-state index contributed by atoms with van der Waals surface area (Å²) in [4.78, 5) is 0. The molecule has 0 saturated carbocycles. The number of para-hydroxylation sites is 1. The summed E-state index contributed by atoms with van der Waals surface area (Å²) in [5.74, 6) is 0.689. The van der Waals surface area contributed by atoms with Crippen LogP contribution in [0, 0.1) is 0 Å². The Labute approximate surface area is 83.6 Å². The number of hydrogen-bond acceptors (Lipinski definition) is 2. The van der Waals surface area contributed by atoms with Crippen molar-refractivity contribution >= 4 is 11.6 Å². The second-order valence-electron chi connectivity index (χ2n) is 3.11. The predicted octanol–water partition coefficient (Wildman–Crippen LogP) is 2.45. The van der Waals surface area contributed by atoms with E-state index in [0.717, 1.165) is 0 Å². The van der Waals surface area contributed by atoms with Crippen molar-refractivity contribution in [2.75, 3.05) is 0 Å². The van der Waals surface area contributed by atoms with E-state index in [1.807, 2.05) is 32.0 Å². The average molecular weight is 200 g/mol. The highest BCUT2D eigenvalue weighted by Gasteiger charge is 2.10. The van der Waals surface area contributed by atoms with Gasteiger partial charge in [-0.05, 0) is 26.0 Å². The minimum Gasteiger partial charge on any atom is -0.488 e. The van der Waals surface area contributed by atoms with Crippen molar-refractivity contribution in [1.82, 2.24) is 0 Å². The molecule has 1 rings (SSSR count). The molecular weight excluding hydrogens is 186 g/mol. The molecule has 1 unspecified atom stereocenters. The molecule has 2 N–H and O–H groups in total. The molecule has 2 nitrogen and oxygen atoms in total. The van der Waals surface area contributed by atoms with Gasteiger partial charge in [0.05, 0.1) is 5.02 Å². The lowest BCUT2D eigenvalue weighted by Gasteiger charge is -2.18. The zero-order valence-corrected chi connectivity index (χ0v) is 8.58. The first-order valence-electron chi connectivity index (χ1n) is 4.28. The van der Waals surface area contributed by atoms with Crippen LogP contribution in [0.2, 0.25) is 5.02 Å². The lowest BCUT2D eigenvalue weighted by atomic mass is 10.2. The largest absolute Gasteiger partial charge is 0.488 e. The summed E-state index contributed by atoms with van der Waals surface area (Å²) in [5, 5.41) is 0.620. The van der Waals surface area contributed by atoms with Crippen molar-refractivity contribution in [3.8, 4) is 5.75 Å².